The van der Waals surface area contributed by atoms with E-state index >= 15 is 0 Å². The summed E-state index contributed by atoms with van der Waals surface area (Å²) < 4.78 is 3.99. The number of hydrogen-bond acceptors (Lipinski definition) is 7. The predicted octanol–water partition coefficient (Wildman–Crippen LogP) is 4.21. The minimum atomic E-state index is -0.986. The van der Waals surface area contributed by atoms with Gasteiger partial charge in [0.2, 0.25) is 5.91 Å². The first kappa shape index (κ1) is 25.1. The van der Waals surface area contributed by atoms with Gasteiger partial charge in [0, 0.05) is 17.1 Å². The molecule has 0 aliphatic rings. The van der Waals surface area contributed by atoms with Crippen molar-refractivity contribution >= 4 is 52.0 Å². The number of nitrogens with one attached hydrogen (secondary N) is 1. The number of aryl methyl sites for hydroxylation is 1. The average Bonchev–Trinajstić information content (AvgIpc) is 3.53. The number of primary amides is 1. The maximum absolute atomic E-state index is 14.1. The van der Waals surface area contributed by atoms with Crippen LogP contribution in [0.2, 0.25) is 0 Å². The number of carbonyl (C=O) groups is 3. The molecule has 1 atom stereocenters. The van der Waals surface area contributed by atoms with Gasteiger partial charge in [0.25, 0.3) is 11.8 Å². The molecule has 0 unspecified atom stereocenters. The number of anilines is 2. The maximum Gasteiger partial charge on any atom is 0.273 e. The molecule has 4 aromatic rings. The number of aromatic nitrogens is 1. The fraction of sp³-hybridized carbons (Fsp3) is 0.154. The zero-order valence-corrected chi connectivity index (χ0v) is 21.4. The lowest BCUT2D eigenvalue weighted by atomic mass is 10.0. The van der Waals surface area contributed by atoms with Crippen molar-refractivity contribution in [1.82, 2.24) is 9.69 Å². The zero-order valence-electron chi connectivity index (χ0n) is 19.7. The van der Waals surface area contributed by atoms with Gasteiger partial charge in [0.15, 0.2) is 11.7 Å². The molecule has 2 aromatic heterocycles. The van der Waals surface area contributed by atoms with Crippen LogP contribution in [0.25, 0.3) is 0 Å². The van der Waals surface area contributed by atoms with Gasteiger partial charge in [-0.2, -0.15) is 4.37 Å². The number of thiophene rings is 1. The maximum atomic E-state index is 14.1. The summed E-state index contributed by atoms with van der Waals surface area (Å²) >= 11 is 2.16. The molecule has 36 heavy (non-hydrogen) atoms. The van der Waals surface area contributed by atoms with Crippen molar-refractivity contribution in [3.05, 3.63) is 98.2 Å². The summed E-state index contributed by atoms with van der Waals surface area (Å²) in [6.07, 6.45) is 0. The summed E-state index contributed by atoms with van der Waals surface area (Å²) in [5, 5.41) is 4.82. The third kappa shape index (κ3) is 5.00. The summed E-state index contributed by atoms with van der Waals surface area (Å²) in [6, 6.07) is 17.7. The number of nitrogens with two attached hydrogens (primary N) is 2. The third-order valence-corrected chi connectivity index (χ3v) is 7.61. The Morgan fingerprint density at radius 3 is 2.42 bits per heavy atom. The summed E-state index contributed by atoms with van der Waals surface area (Å²) in [4.78, 5) is 41.7. The van der Waals surface area contributed by atoms with Crippen molar-refractivity contribution in [2.24, 2.45) is 5.73 Å². The SMILES string of the molecule is Cc1cccc(N(C(=O)c2snc(C(N)=O)c2N)[C@H](C(=O)NCc2ccccc2)c2cccs2)c1C. The van der Waals surface area contributed by atoms with E-state index in [9.17, 15) is 14.4 Å². The molecule has 0 radical (unpaired) electrons. The average molecular weight is 520 g/mol. The minimum Gasteiger partial charge on any atom is -0.395 e. The number of hydrogen-bond donors (Lipinski definition) is 3. The van der Waals surface area contributed by atoms with Crippen LogP contribution in [-0.2, 0) is 11.3 Å². The highest BCUT2D eigenvalue weighted by atomic mass is 32.1. The van der Waals surface area contributed by atoms with Crippen LogP contribution < -0.4 is 21.7 Å². The Hall–Kier alpha value is -4.02. The lowest BCUT2D eigenvalue weighted by molar-refractivity contribution is -0.122. The van der Waals surface area contributed by atoms with Gasteiger partial charge in [-0.3, -0.25) is 19.3 Å². The van der Waals surface area contributed by atoms with Crippen LogP contribution in [0.4, 0.5) is 11.4 Å². The lowest BCUT2D eigenvalue weighted by Crippen LogP contribution is -2.44. The van der Waals surface area contributed by atoms with Crippen LogP contribution in [0.3, 0.4) is 0 Å². The fourth-order valence-corrected chi connectivity index (χ4v) is 5.36. The predicted molar refractivity (Wildman–Crippen MR) is 143 cm³/mol. The molecule has 0 bridgehead atoms. The smallest absolute Gasteiger partial charge is 0.273 e. The van der Waals surface area contributed by atoms with Gasteiger partial charge in [-0.1, -0.05) is 48.5 Å². The molecule has 0 aliphatic carbocycles. The second-order valence-electron chi connectivity index (χ2n) is 8.15. The fourth-order valence-electron chi connectivity index (χ4n) is 3.80. The summed E-state index contributed by atoms with van der Waals surface area (Å²) in [7, 11) is 0. The monoisotopic (exact) mass is 519 g/mol. The van der Waals surface area contributed by atoms with Crippen LogP contribution in [0.1, 0.15) is 47.8 Å². The van der Waals surface area contributed by atoms with Crippen molar-refractivity contribution in [2.75, 3.05) is 10.6 Å². The van der Waals surface area contributed by atoms with Crippen molar-refractivity contribution < 1.29 is 14.4 Å². The molecule has 4 rings (SSSR count). The highest BCUT2D eigenvalue weighted by Crippen LogP contribution is 2.36. The van der Waals surface area contributed by atoms with E-state index in [0.717, 1.165) is 28.2 Å². The molecule has 8 nitrogen and oxygen atoms in total. The zero-order chi connectivity index (χ0) is 25.8. The number of rotatable bonds is 8. The van der Waals surface area contributed by atoms with E-state index in [1.165, 1.54) is 16.2 Å². The second kappa shape index (κ2) is 10.7. The molecule has 10 heteroatoms. The quantitative estimate of drug-likeness (QED) is 0.321. The Morgan fingerprint density at radius 2 is 1.78 bits per heavy atom. The molecule has 5 N–H and O–H groups in total. The first-order valence-corrected chi connectivity index (χ1v) is 12.7. The molecule has 2 aromatic carbocycles. The molecule has 0 spiro atoms. The Balaban J connectivity index is 1.82. The number of nitrogens with zero attached hydrogens (tertiary/aromatic N) is 2. The van der Waals surface area contributed by atoms with Gasteiger partial charge in [-0.05, 0) is 59.6 Å². The van der Waals surface area contributed by atoms with Gasteiger partial charge in [0.1, 0.15) is 4.88 Å². The molecular formula is C26H25N5O3S2. The normalized spacial score (nSPS) is 11.6. The van der Waals surface area contributed by atoms with E-state index in [4.69, 9.17) is 11.5 Å². The Bertz CT molecular complexity index is 1400. The minimum absolute atomic E-state index is 0.0436. The van der Waals surface area contributed by atoms with Gasteiger partial charge >= 0.3 is 0 Å². The van der Waals surface area contributed by atoms with E-state index in [1.54, 1.807) is 6.07 Å². The lowest BCUT2D eigenvalue weighted by Gasteiger charge is -2.32. The molecule has 0 fully saturated rings. The van der Waals surface area contributed by atoms with Crippen molar-refractivity contribution in [3.8, 4) is 0 Å². The Labute approximate surface area is 216 Å². The molecule has 184 valence electrons. The highest BCUT2D eigenvalue weighted by Gasteiger charge is 2.37. The number of benzene rings is 2. The van der Waals surface area contributed by atoms with E-state index in [1.807, 2.05) is 73.8 Å². The summed E-state index contributed by atoms with van der Waals surface area (Å²) in [5.41, 5.74) is 14.5. The number of amides is 3. The van der Waals surface area contributed by atoms with Crippen LogP contribution in [0.15, 0.2) is 66.0 Å². The highest BCUT2D eigenvalue weighted by molar-refractivity contribution is 7.10. The largest absolute Gasteiger partial charge is 0.395 e. The summed E-state index contributed by atoms with van der Waals surface area (Å²) in [5.74, 6) is -1.72. The van der Waals surface area contributed by atoms with Gasteiger partial charge in [-0.25, -0.2) is 0 Å². The molecular weight excluding hydrogens is 494 g/mol. The Morgan fingerprint density at radius 1 is 1.03 bits per heavy atom. The van der Waals surface area contributed by atoms with Gasteiger partial charge in [0.05, 0.1) is 5.69 Å². The van der Waals surface area contributed by atoms with Crippen LogP contribution >= 0.6 is 22.9 Å². The van der Waals surface area contributed by atoms with E-state index < -0.39 is 17.9 Å². The Kier molecular flexibility index (Phi) is 7.47. The topological polar surface area (TPSA) is 131 Å². The van der Waals surface area contributed by atoms with Crippen LogP contribution in [0, 0.1) is 13.8 Å². The number of nitrogen functional groups attached to an aromatic ring is 1. The van der Waals surface area contributed by atoms with E-state index in [2.05, 4.69) is 9.69 Å². The van der Waals surface area contributed by atoms with E-state index in [-0.39, 0.29) is 22.2 Å². The van der Waals surface area contributed by atoms with Crippen molar-refractivity contribution in [3.63, 3.8) is 0 Å². The van der Waals surface area contributed by atoms with Crippen molar-refractivity contribution in [1.29, 1.82) is 0 Å². The first-order valence-electron chi connectivity index (χ1n) is 11.1. The first-order chi connectivity index (χ1) is 17.3. The third-order valence-electron chi connectivity index (χ3n) is 5.84. The standard InChI is InChI=1S/C26H25N5O3S2/c1-15-8-6-11-18(16(15)2)31(26(34)23-20(27)21(24(28)32)30-36-23)22(19-12-7-13-35-19)25(33)29-14-17-9-4-3-5-10-17/h3-13,22H,14,27H2,1-2H3,(H2,28,32)(H,29,33)/t22-/m0/s1. The van der Waals surface area contributed by atoms with E-state index in [0.29, 0.717) is 17.1 Å². The summed E-state index contributed by atoms with van der Waals surface area (Å²) in [6.45, 7) is 4.12. The molecule has 3 amide bonds. The van der Waals surface area contributed by atoms with Crippen molar-refractivity contribution in [2.45, 2.75) is 26.4 Å². The van der Waals surface area contributed by atoms with Crippen LogP contribution in [-0.4, -0.2) is 22.1 Å². The molecule has 0 aliphatic heterocycles. The van der Waals surface area contributed by atoms with Crippen LogP contribution in [0.5, 0.6) is 0 Å². The molecule has 0 saturated heterocycles. The second-order valence-corrected chi connectivity index (χ2v) is 9.91. The molecule has 0 saturated carbocycles. The molecule has 2 heterocycles. The number of carbonyl (C=O) groups excluding carboxylic acids is 3. The van der Waals surface area contributed by atoms with Gasteiger partial charge in [-0.15, -0.1) is 11.3 Å². The van der Waals surface area contributed by atoms with Gasteiger partial charge < -0.3 is 16.8 Å².